The van der Waals surface area contributed by atoms with Crippen molar-refractivity contribution in [2.24, 2.45) is 5.41 Å². The fraction of sp³-hybridized carbons (Fsp3) is 1.00. The van der Waals surface area contributed by atoms with Crippen LogP contribution in [0.5, 0.6) is 0 Å². The van der Waals surface area contributed by atoms with E-state index in [-0.39, 0.29) is 11.0 Å². The molecule has 3 nitrogen and oxygen atoms in total. The standard InChI is InChI=1S/C11H25NO2/c1-10(2,3)9(14)8(13)7-12-11(4,5)6/h8-9,12-14H,7H2,1-6H3. The van der Waals surface area contributed by atoms with E-state index in [1.54, 1.807) is 0 Å². The quantitative estimate of drug-likeness (QED) is 0.645. The van der Waals surface area contributed by atoms with Crippen molar-refractivity contribution in [2.45, 2.75) is 59.3 Å². The van der Waals surface area contributed by atoms with E-state index in [0.717, 1.165) is 0 Å². The molecule has 14 heavy (non-hydrogen) atoms. The van der Waals surface area contributed by atoms with Gasteiger partial charge < -0.3 is 15.5 Å². The molecule has 0 heterocycles. The van der Waals surface area contributed by atoms with Gasteiger partial charge in [-0.3, -0.25) is 0 Å². The average Bonchev–Trinajstić information content (AvgIpc) is 1.95. The van der Waals surface area contributed by atoms with Gasteiger partial charge in [-0.05, 0) is 26.2 Å². The van der Waals surface area contributed by atoms with E-state index in [2.05, 4.69) is 5.32 Å². The molecule has 0 saturated heterocycles. The van der Waals surface area contributed by atoms with Gasteiger partial charge >= 0.3 is 0 Å². The van der Waals surface area contributed by atoms with Gasteiger partial charge in [0.1, 0.15) is 0 Å². The van der Waals surface area contributed by atoms with Crippen LogP contribution in [0.4, 0.5) is 0 Å². The van der Waals surface area contributed by atoms with Crippen molar-refractivity contribution in [1.29, 1.82) is 0 Å². The molecule has 0 aliphatic heterocycles. The van der Waals surface area contributed by atoms with Gasteiger partial charge in [0, 0.05) is 12.1 Å². The molecule has 0 rings (SSSR count). The lowest BCUT2D eigenvalue weighted by Gasteiger charge is -2.32. The van der Waals surface area contributed by atoms with Crippen LogP contribution in [0.25, 0.3) is 0 Å². The largest absolute Gasteiger partial charge is 0.390 e. The summed E-state index contributed by atoms with van der Waals surface area (Å²) in [6.45, 7) is 12.3. The number of hydrogen-bond donors (Lipinski definition) is 3. The normalized spacial score (nSPS) is 18.0. The summed E-state index contributed by atoms with van der Waals surface area (Å²) in [6.07, 6.45) is -1.41. The van der Waals surface area contributed by atoms with Crippen LogP contribution in [-0.4, -0.2) is 34.5 Å². The first kappa shape index (κ1) is 13.9. The Morgan fingerprint density at radius 3 is 1.71 bits per heavy atom. The maximum absolute atomic E-state index is 9.76. The molecule has 0 saturated carbocycles. The summed E-state index contributed by atoms with van der Waals surface area (Å²) in [7, 11) is 0. The maximum Gasteiger partial charge on any atom is 0.0928 e. The van der Waals surface area contributed by atoms with E-state index < -0.39 is 12.2 Å². The summed E-state index contributed by atoms with van der Waals surface area (Å²) in [5, 5.41) is 22.6. The molecule has 0 aromatic heterocycles. The Hall–Kier alpha value is -0.120. The Balaban J connectivity index is 4.03. The van der Waals surface area contributed by atoms with Crippen LogP contribution in [0.15, 0.2) is 0 Å². The molecule has 0 aromatic carbocycles. The molecule has 0 radical (unpaired) electrons. The maximum atomic E-state index is 9.76. The van der Waals surface area contributed by atoms with Gasteiger partial charge in [0.05, 0.1) is 12.2 Å². The van der Waals surface area contributed by atoms with Gasteiger partial charge in [0.2, 0.25) is 0 Å². The minimum atomic E-state index is -0.714. The summed E-state index contributed by atoms with van der Waals surface area (Å²) in [4.78, 5) is 0. The molecule has 2 unspecified atom stereocenters. The van der Waals surface area contributed by atoms with Crippen molar-refractivity contribution in [2.75, 3.05) is 6.54 Å². The van der Waals surface area contributed by atoms with Gasteiger partial charge in [-0.2, -0.15) is 0 Å². The number of aliphatic hydroxyl groups excluding tert-OH is 2. The lowest BCUT2D eigenvalue weighted by Crippen LogP contribution is -2.48. The molecular formula is C11H25NO2. The third-order valence-corrected chi connectivity index (χ3v) is 2.09. The van der Waals surface area contributed by atoms with Crippen molar-refractivity contribution in [3.8, 4) is 0 Å². The summed E-state index contributed by atoms with van der Waals surface area (Å²) >= 11 is 0. The summed E-state index contributed by atoms with van der Waals surface area (Å²) in [6, 6.07) is 0. The molecule has 0 fully saturated rings. The highest BCUT2D eigenvalue weighted by Crippen LogP contribution is 2.21. The molecule has 3 heteroatoms. The van der Waals surface area contributed by atoms with E-state index in [1.807, 2.05) is 41.5 Å². The zero-order valence-corrected chi connectivity index (χ0v) is 10.3. The van der Waals surface area contributed by atoms with Crippen LogP contribution in [0.1, 0.15) is 41.5 Å². The second-order valence-corrected chi connectivity index (χ2v) is 6.01. The molecular weight excluding hydrogens is 178 g/mol. The van der Waals surface area contributed by atoms with Gasteiger partial charge in [0.15, 0.2) is 0 Å². The lowest BCUT2D eigenvalue weighted by atomic mass is 9.85. The minimum absolute atomic E-state index is 0.0292. The van der Waals surface area contributed by atoms with Gasteiger partial charge in [-0.25, -0.2) is 0 Å². The Kier molecular flexibility index (Phi) is 4.56. The van der Waals surface area contributed by atoms with E-state index in [0.29, 0.717) is 6.54 Å². The van der Waals surface area contributed by atoms with Crippen molar-refractivity contribution in [3.63, 3.8) is 0 Å². The monoisotopic (exact) mass is 203 g/mol. The van der Waals surface area contributed by atoms with Gasteiger partial charge in [-0.15, -0.1) is 0 Å². The molecule has 0 amide bonds. The van der Waals surface area contributed by atoms with Crippen molar-refractivity contribution >= 4 is 0 Å². The van der Waals surface area contributed by atoms with Crippen LogP contribution < -0.4 is 5.32 Å². The second-order valence-electron chi connectivity index (χ2n) is 6.01. The third-order valence-electron chi connectivity index (χ3n) is 2.09. The van der Waals surface area contributed by atoms with Crippen LogP contribution in [0.2, 0.25) is 0 Å². The summed E-state index contributed by atoms with van der Waals surface area (Å²) in [5.74, 6) is 0. The topological polar surface area (TPSA) is 52.5 Å². The number of β-amino-alcohol motifs (C(OH)–C–C–N with tert-alkyl or cyclic N) is 1. The molecule has 0 aliphatic rings. The SMILES string of the molecule is CC(C)(C)NCC(O)C(O)C(C)(C)C. The van der Waals surface area contributed by atoms with E-state index in [1.165, 1.54) is 0 Å². The lowest BCUT2D eigenvalue weighted by molar-refractivity contribution is -0.0447. The number of rotatable bonds is 3. The Morgan fingerprint density at radius 1 is 1.00 bits per heavy atom. The fourth-order valence-electron chi connectivity index (χ4n) is 1.10. The molecule has 0 aromatic rings. The van der Waals surface area contributed by atoms with Crippen LogP contribution in [0.3, 0.4) is 0 Å². The average molecular weight is 203 g/mol. The Morgan fingerprint density at radius 2 is 1.43 bits per heavy atom. The highest BCUT2D eigenvalue weighted by Gasteiger charge is 2.29. The van der Waals surface area contributed by atoms with Crippen LogP contribution in [-0.2, 0) is 0 Å². The fourth-order valence-corrected chi connectivity index (χ4v) is 1.10. The first-order chi connectivity index (χ1) is 6.04. The Bertz CT molecular complexity index is 167. The number of hydrogen-bond acceptors (Lipinski definition) is 3. The molecule has 0 bridgehead atoms. The zero-order chi connectivity index (χ0) is 11.6. The first-order valence-electron chi connectivity index (χ1n) is 5.15. The zero-order valence-electron chi connectivity index (χ0n) is 10.3. The number of nitrogens with one attached hydrogen (secondary N) is 1. The molecule has 86 valence electrons. The first-order valence-corrected chi connectivity index (χ1v) is 5.15. The Labute approximate surface area is 87.5 Å². The predicted octanol–water partition coefficient (Wildman–Crippen LogP) is 1.14. The molecule has 0 aliphatic carbocycles. The smallest absolute Gasteiger partial charge is 0.0928 e. The minimum Gasteiger partial charge on any atom is -0.390 e. The molecule has 2 atom stereocenters. The molecule has 3 N–H and O–H groups in total. The summed E-state index contributed by atoms with van der Waals surface area (Å²) < 4.78 is 0. The van der Waals surface area contributed by atoms with Crippen molar-refractivity contribution < 1.29 is 10.2 Å². The van der Waals surface area contributed by atoms with Crippen molar-refractivity contribution in [1.82, 2.24) is 5.32 Å². The second kappa shape index (κ2) is 4.60. The van der Waals surface area contributed by atoms with Crippen molar-refractivity contribution in [3.05, 3.63) is 0 Å². The van der Waals surface area contributed by atoms with Gasteiger partial charge in [0.25, 0.3) is 0 Å². The molecule has 0 spiro atoms. The highest BCUT2D eigenvalue weighted by atomic mass is 16.3. The number of aliphatic hydroxyl groups is 2. The van der Waals surface area contributed by atoms with Crippen LogP contribution >= 0.6 is 0 Å². The van der Waals surface area contributed by atoms with Gasteiger partial charge in [-0.1, -0.05) is 20.8 Å². The van der Waals surface area contributed by atoms with E-state index in [9.17, 15) is 10.2 Å². The van der Waals surface area contributed by atoms with E-state index in [4.69, 9.17) is 0 Å². The highest BCUT2D eigenvalue weighted by molar-refractivity contribution is 4.83. The third kappa shape index (κ3) is 5.58. The van der Waals surface area contributed by atoms with E-state index >= 15 is 0 Å². The summed E-state index contributed by atoms with van der Waals surface area (Å²) in [5.41, 5.74) is -0.308. The predicted molar refractivity (Wildman–Crippen MR) is 59.2 cm³/mol. The van der Waals surface area contributed by atoms with Crippen LogP contribution in [0, 0.1) is 5.41 Å².